The second kappa shape index (κ2) is 10.2. The van der Waals surface area contributed by atoms with Crippen molar-refractivity contribution < 1.29 is 9.84 Å². The van der Waals surface area contributed by atoms with Gasteiger partial charge in [-0.15, -0.1) is 0 Å². The first-order valence-corrected chi connectivity index (χ1v) is 9.16. The number of ether oxygens (including phenoxy) is 1. The molecule has 0 aromatic carbocycles. The Morgan fingerprint density at radius 3 is 2.80 bits per heavy atom. The van der Waals surface area contributed by atoms with Gasteiger partial charge in [-0.05, 0) is 19.5 Å². The number of halogens is 2. The number of piperazine rings is 1. The number of β-amino-alcohol motifs (C(OH)–C–C–N with tert-alkyl or cyclic N) is 1. The molecule has 1 aliphatic heterocycles. The van der Waals surface area contributed by atoms with Crippen molar-refractivity contribution in [1.82, 2.24) is 15.1 Å². The SMILES string of the molecule is CN1CCN(CC(O)COC(=N)/C=C\NC2C=C(Cl)C(Cl)=CC2)CC1. The molecule has 3 N–H and O–H groups in total. The van der Waals surface area contributed by atoms with E-state index in [-0.39, 0.29) is 18.5 Å². The lowest BCUT2D eigenvalue weighted by Gasteiger charge is -2.33. The smallest absolute Gasteiger partial charge is 0.207 e. The standard InChI is InChI=1S/C17H26Cl2N4O2/c1-22-6-8-23(9-7-22)11-14(24)12-25-17(20)4-5-21-13-2-3-15(18)16(19)10-13/h3-5,10,13-14,20-21,24H,2,6-9,11-12H2,1H3/b5-4-,20-17?. The summed E-state index contributed by atoms with van der Waals surface area (Å²) in [5, 5.41) is 22.0. The van der Waals surface area contributed by atoms with Crippen molar-refractivity contribution in [2.45, 2.75) is 18.6 Å². The minimum Gasteiger partial charge on any atom is -0.475 e. The van der Waals surface area contributed by atoms with Gasteiger partial charge in [0.2, 0.25) is 5.90 Å². The molecule has 1 saturated heterocycles. The number of hydrogen-bond donors (Lipinski definition) is 3. The first-order chi connectivity index (χ1) is 11.9. The van der Waals surface area contributed by atoms with Gasteiger partial charge in [0.25, 0.3) is 0 Å². The molecule has 0 saturated carbocycles. The van der Waals surface area contributed by atoms with Crippen molar-refractivity contribution in [3.05, 3.63) is 34.5 Å². The molecule has 8 heteroatoms. The molecule has 0 aromatic rings. The number of nitrogens with zero attached hydrogens (tertiary/aromatic N) is 2. The highest BCUT2D eigenvalue weighted by molar-refractivity contribution is 6.44. The van der Waals surface area contributed by atoms with Gasteiger partial charge in [-0.1, -0.05) is 29.3 Å². The van der Waals surface area contributed by atoms with Crippen molar-refractivity contribution in [2.75, 3.05) is 46.4 Å². The number of aliphatic hydroxyl groups excluding tert-OH is 1. The summed E-state index contributed by atoms with van der Waals surface area (Å²) < 4.78 is 5.29. The van der Waals surface area contributed by atoms with E-state index in [1.54, 1.807) is 6.20 Å². The molecule has 2 atom stereocenters. The lowest BCUT2D eigenvalue weighted by molar-refractivity contribution is 0.0473. The van der Waals surface area contributed by atoms with Crippen molar-refractivity contribution in [2.24, 2.45) is 0 Å². The number of hydrogen-bond acceptors (Lipinski definition) is 6. The van der Waals surface area contributed by atoms with Crippen LogP contribution < -0.4 is 5.32 Å². The average Bonchev–Trinajstić information content (AvgIpc) is 2.58. The summed E-state index contributed by atoms with van der Waals surface area (Å²) in [6.45, 7) is 4.61. The second-order valence-electron chi connectivity index (χ2n) is 6.34. The fourth-order valence-corrected chi connectivity index (χ4v) is 3.01. The third-order valence-corrected chi connectivity index (χ3v) is 4.95. The first-order valence-electron chi connectivity index (χ1n) is 8.40. The van der Waals surface area contributed by atoms with Crippen LogP contribution in [0.25, 0.3) is 0 Å². The number of allylic oxidation sites excluding steroid dienone is 2. The Kier molecular flexibility index (Phi) is 8.26. The Balaban J connectivity index is 1.61. The van der Waals surface area contributed by atoms with Crippen LogP contribution in [0.1, 0.15) is 6.42 Å². The molecule has 6 nitrogen and oxygen atoms in total. The van der Waals surface area contributed by atoms with Gasteiger partial charge in [-0.2, -0.15) is 0 Å². The predicted molar refractivity (Wildman–Crippen MR) is 102 cm³/mol. The average molecular weight is 389 g/mol. The summed E-state index contributed by atoms with van der Waals surface area (Å²) in [6, 6.07) is 0.0434. The summed E-state index contributed by atoms with van der Waals surface area (Å²) >= 11 is 11.9. The van der Waals surface area contributed by atoms with Crippen LogP contribution in [0.5, 0.6) is 0 Å². The van der Waals surface area contributed by atoms with E-state index in [1.807, 2.05) is 12.2 Å². The van der Waals surface area contributed by atoms with E-state index >= 15 is 0 Å². The van der Waals surface area contributed by atoms with E-state index in [4.69, 9.17) is 33.3 Å². The van der Waals surface area contributed by atoms with Crippen LogP contribution in [0.4, 0.5) is 0 Å². The second-order valence-corrected chi connectivity index (χ2v) is 7.16. The monoisotopic (exact) mass is 388 g/mol. The molecule has 140 valence electrons. The van der Waals surface area contributed by atoms with Gasteiger partial charge < -0.3 is 20.1 Å². The highest BCUT2D eigenvalue weighted by atomic mass is 35.5. The molecule has 2 aliphatic rings. The Morgan fingerprint density at radius 1 is 1.40 bits per heavy atom. The number of rotatable bonds is 7. The summed E-state index contributed by atoms with van der Waals surface area (Å²) in [7, 11) is 2.10. The Bertz CT molecular complexity index is 543. The van der Waals surface area contributed by atoms with Gasteiger partial charge in [-0.25, -0.2) is 0 Å². The molecule has 2 rings (SSSR count). The van der Waals surface area contributed by atoms with E-state index in [1.165, 1.54) is 6.08 Å². The fraction of sp³-hybridized carbons (Fsp3) is 0.588. The zero-order valence-electron chi connectivity index (χ0n) is 14.4. The maximum absolute atomic E-state index is 10.0. The van der Waals surface area contributed by atoms with Crippen LogP contribution in [0.2, 0.25) is 0 Å². The number of nitrogens with one attached hydrogen (secondary N) is 2. The van der Waals surface area contributed by atoms with E-state index in [0.29, 0.717) is 16.6 Å². The van der Waals surface area contributed by atoms with E-state index in [9.17, 15) is 5.11 Å². The van der Waals surface area contributed by atoms with E-state index in [0.717, 1.165) is 32.6 Å². The molecular weight excluding hydrogens is 363 g/mol. The fourth-order valence-electron chi connectivity index (χ4n) is 2.63. The summed E-state index contributed by atoms with van der Waals surface area (Å²) in [5.41, 5.74) is 0. The maximum Gasteiger partial charge on any atom is 0.207 e. The van der Waals surface area contributed by atoms with Gasteiger partial charge in [-0.3, -0.25) is 10.3 Å². The van der Waals surface area contributed by atoms with Gasteiger partial charge in [0.1, 0.15) is 12.7 Å². The lowest BCUT2D eigenvalue weighted by Crippen LogP contribution is -2.47. The highest BCUT2D eigenvalue weighted by Crippen LogP contribution is 2.25. The minimum absolute atomic E-state index is 0.00406. The van der Waals surface area contributed by atoms with E-state index < -0.39 is 6.10 Å². The summed E-state index contributed by atoms with van der Waals surface area (Å²) in [6.07, 6.45) is 6.98. The zero-order valence-corrected chi connectivity index (χ0v) is 15.9. The van der Waals surface area contributed by atoms with Gasteiger partial charge in [0, 0.05) is 51.0 Å². The molecule has 0 amide bonds. The topological polar surface area (TPSA) is 71.8 Å². The largest absolute Gasteiger partial charge is 0.475 e. The third kappa shape index (κ3) is 7.38. The van der Waals surface area contributed by atoms with Crippen LogP contribution in [-0.2, 0) is 4.74 Å². The number of likely N-dealkylation sites (N-methyl/N-ethyl adjacent to an activating group) is 1. The van der Waals surface area contributed by atoms with Crippen LogP contribution in [-0.4, -0.2) is 79.3 Å². The summed E-state index contributed by atoms with van der Waals surface area (Å²) in [4.78, 5) is 4.48. The van der Waals surface area contributed by atoms with Crippen molar-refractivity contribution in [1.29, 1.82) is 5.41 Å². The highest BCUT2D eigenvalue weighted by Gasteiger charge is 2.17. The Morgan fingerprint density at radius 2 is 2.12 bits per heavy atom. The molecule has 25 heavy (non-hydrogen) atoms. The van der Waals surface area contributed by atoms with E-state index in [2.05, 4.69) is 22.2 Å². The van der Waals surface area contributed by atoms with Crippen molar-refractivity contribution in [3.63, 3.8) is 0 Å². The van der Waals surface area contributed by atoms with Crippen LogP contribution in [0.15, 0.2) is 34.5 Å². The molecule has 0 spiro atoms. The zero-order chi connectivity index (χ0) is 18.2. The third-order valence-electron chi connectivity index (χ3n) is 4.17. The maximum atomic E-state index is 10.0. The van der Waals surface area contributed by atoms with Gasteiger partial charge in [0.05, 0.1) is 10.1 Å². The molecule has 2 unspecified atom stereocenters. The first kappa shape index (κ1) is 20.3. The molecule has 1 heterocycles. The molecule has 0 bridgehead atoms. The van der Waals surface area contributed by atoms with Crippen molar-refractivity contribution >= 4 is 29.1 Å². The molecule has 0 aromatic heterocycles. The molecule has 1 fully saturated rings. The lowest BCUT2D eigenvalue weighted by atomic mass is 10.1. The van der Waals surface area contributed by atoms with Crippen LogP contribution in [0, 0.1) is 5.41 Å². The Labute approximate surface area is 159 Å². The summed E-state index contributed by atoms with van der Waals surface area (Å²) in [5.74, 6) is 0.00406. The Hall–Kier alpha value is -1.05. The van der Waals surface area contributed by atoms with Crippen LogP contribution in [0.3, 0.4) is 0 Å². The molecule has 0 radical (unpaired) electrons. The number of aliphatic hydroxyl groups is 1. The normalized spacial score (nSPS) is 23.9. The molecule has 1 aliphatic carbocycles. The predicted octanol–water partition coefficient (Wildman–Crippen LogP) is 1.71. The quantitative estimate of drug-likeness (QED) is 0.457. The van der Waals surface area contributed by atoms with Gasteiger partial charge >= 0.3 is 0 Å². The van der Waals surface area contributed by atoms with Gasteiger partial charge in [0.15, 0.2) is 0 Å². The minimum atomic E-state index is -0.600. The van der Waals surface area contributed by atoms with Crippen molar-refractivity contribution in [3.8, 4) is 0 Å². The van der Waals surface area contributed by atoms with Crippen LogP contribution >= 0.6 is 23.2 Å². The molecular formula is C17H26Cl2N4O2.